The summed E-state index contributed by atoms with van der Waals surface area (Å²) in [4.78, 5) is 40.3. The molecule has 0 aromatic heterocycles. The minimum atomic E-state index is -0.633. The number of allylic oxidation sites excluding steroid dienone is 2. The number of carbonyl (C=O) groups excluding carboxylic acids is 3. The SMILES string of the molecule is C=CCCCC(=O)OC[C@H](CSCc1ccccc1)NC(=O)[C@@H](CC=C)CC(=O)N(CCO)Cc1ccccc1. The molecule has 7 nitrogen and oxygen atoms in total. The molecule has 2 aromatic carbocycles. The van der Waals surface area contributed by atoms with Crippen molar-refractivity contribution in [1.29, 1.82) is 0 Å². The quantitative estimate of drug-likeness (QED) is 0.134. The third-order valence-electron chi connectivity index (χ3n) is 6.19. The summed E-state index contributed by atoms with van der Waals surface area (Å²) in [5, 5.41) is 12.5. The number of nitrogens with one attached hydrogen (secondary N) is 1. The summed E-state index contributed by atoms with van der Waals surface area (Å²) >= 11 is 1.64. The number of aliphatic hydroxyl groups excluding tert-OH is 1. The van der Waals surface area contributed by atoms with Gasteiger partial charge in [-0.1, -0.05) is 72.8 Å². The lowest BCUT2D eigenvalue weighted by Crippen LogP contribution is -2.45. The summed E-state index contributed by atoms with van der Waals surface area (Å²) in [6.07, 6.45) is 5.38. The van der Waals surface area contributed by atoms with Crippen LogP contribution in [0.1, 0.15) is 43.2 Å². The summed E-state index contributed by atoms with van der Waals surface area (Å²) in [5.74, 6) is -0.155. The van der Waals surface area contributed by atoms with Crippen LogP contribution < -0.4 is 5.32 Å². The van der Waals surface area contributed by atoms with Crippen LogP contribution in [-0.2, 0) is 31.4 Å². The molecule has 0 aliphatic heterocycles. The van der Waals surface area contributed by atoms with E-state index in [1.807, 2.05) is 60.7 Å². The molecule has 40 heavy (non-hydrogen) atoms. The summed E-state index contributed by atoms with van der Waals surface area (Å²) in [7, 11) is 0. The molecular formula is C32H42N2O5S. The molecule has 0 radical (unpaired) electrons. The molecule has 0 fully saturated rings. The molecule has 2 atom stereocenters. The second-order valence-electron chi connectivity index (χ2n) is 9.52. The Morgan fingerprint density at radius 3 is 2.30 bits per heavy atom. The van der Waals surface area contributed by atoms with E-state index in [2.05, 4.69) is 18.5 Å². The van der Waals surface area contributed by atoms with Crippen molar-refractivity contribution in [3.05, 3.63) is 97.1 Å². The second kappa shape index (κ2) is 19.7. The Morgan fingerprint density at radius 2 is 1.68 bits per heavy atom. The van der Waals surface area contributed by atoms with Gasteiger partial charge in [-0.25, -0.2) is 0 Å². The Hall–Kier alpha value is -3.36. The molecule has 0 saturated carbocycles. The minimum absolute atomic E-state index is 0.0180. The fraction of sp³-hybridized carbons (Fsp3) is 0.406. The Balaban J connectivity index is 2.03. The van der Waals surface area contributed by atoms with Crippen molar-refractivity contribution in [2.24, 2.45) is 5.92 Å². The molecule has 2 aromatic rings. The highest BCUT2D eigenvalue weighted by molar-refractivity contribution is 7.98. The molecule has 0 heterocycles. The molecule has 0 spiro atoms. The average molecular weight is 567 g/mol. The van der Waals surface area contributed by atoms with Gasteiger partial charge in [-0.2, -0.15) is 11.8 Å². The van der Waals surface area contributed by atoms with Crippen LogP contribution in [0.15, 0.2) is 86.0 Å². The van der Waals surface area contributed by atoms with Crippen molar-refractivity contribution in [1.82, 2.24) is 10.2 Å². The summed E-state index contributed by atoms with van der Waals surface area (Å²) in [5.41, 5.74) is 2.11. The first-order valence-corrected chi connectivity index (χ1v) is 14.8. The van der Waals surface area contributed by atoms with Gasteiger partial charge in [0.25, 0.3) is 0 Å². The fourth-order valence-electron chi connectivity index (χ4n) is 4.04. The number of rotatable bonds is 20. The molecule has 0 aliphatic carbocycles. The maximum absolute atomic E-state index is 13.4. The zero-order valence-corrected chi connectivity index (χ0v) is 24.0. The van der Waals surface area contributed by atoms with Gasteiger partial charge in [-0.3, -0.25) is 14.4 Å². The number of benzene rings is 2. The third kappa shape index (κ3) is 13.1. The van der Waals surface area contributed by atoms with Crippen LogP contribution in [0, 0.1) is 5.92 Å². The summed E-state index contributed by atoms with van der Waals surface area (Å²) in [6, 6.07) is 19.1. The van der Waals surface area contributed by atoms with Gasteiger partial charge in [0.05, 0.1) is 18.6 Å². The van der Waals surface area contributed by atoms with E-state index in [1.54, 1.807) is 28.8 Å². The van der Waals surface area contributed by atoms with Gasteiger partial charge >= 0.3 is 5.97 Å². The average Bonchev–Trinajstić information content (AvgIpc) is 2.96. The fourth-order valence-corrected chi connectivity index (χ4v) is 5.05. The Bertz CT molecular complexity index is 1050. The first-order valence-electron chi connectivity index (χ1n) is 13.7. The van der Waals surface area contributed by atoms with Crippen LogP contribution in [0.3, 0.4) is 0 Å². The predicted molar refractivity (Wildman–Crippen MR) is 161 cm³/mol. The first kappa shape index (κ1) is 32.8. The predicted octanol–water partition coefficient (Wildman–Crippen LogP) is 4.91. The maximum atomic E-state index is 13.4. The molecule has 2 N–H and O–H groups in total. The Kier molecular flexibility index (Phi) is 16.1. The van der Waals surface area contributed by atoms with Gasteiger partial charge in [0, 0.05) is 37.4 Å². The van der Waals surface area contributed by atoms with Crippen molar-refractivity contribution in [2.45, 2.75) is 50.4 Å². The van der Waals surface area contributed by atoms with Gasteiger partial charge in [0.1, 0.15) is 6.61 Å². The maximum Gasteiger partial charge on any atom is 0.305 e. The molecule has 216 valence electrons. The highest BCUT2D eigenvalue weighted by Gasteiger charge is 2.26. The van der Waals surface area contributed by atoms with E-state index in [-0.39, 0.29) is 44.0 Å². The van der Waals surface area contributed by atoms with Gasteiger partial charge in [0.15, 0.2) is 0 Å². The van der Waals surface area contributed by atoms with Crippen molar-refractivity contribution >= 4 is 29.5 Å². The molecule has 0 saturated heterocycles. The number of unbranched alkanes of at least 4 members (excludes halogenated alkanes) is 1. The number of hydrogen-bond acceptors (Lipinski definition) is 6. The van der Waals surface area contributed by atoms with E-state index < -0.39 is 12.0 Å². The van der Waals surface area contributed by atoms with Crippen LogP contribution in [0.5, 0.6) is 0 Å². The molecule has 0 unspecified atom stereocenters. The number of aliphatic hydroxyl groups is 1. The molecule has 2 amide bonds. The molecule has 0 aliphatic rings. The summed E-state index contributed by atoms with van der Waals surface area (Å²) < 4.78 is 5.49. The van der Waals surface area contributed by atoms with Crippen molar-refractivity contribution < 1.29 is 24.2 Å². The van der Waals surface area contributed by atoms with Crippen LogP contribution in [-0.4, -0.2) is 59.3 Å². The topological polar surface area (TPSA) is 95.9 Å². The lowest BCUT2D eigenvalue weighted by atomic mass is 9.98. The number of hydrogen-bond donors (Lipinski definition) is 2. The highest BCUT2D eigenvalue weighted by atomic mass is 32.2. The zero-order valence-electron chi connectivity index (χ0n) is 23.2. The van der Waals surface area contributed by atoms with Gasteiger partial charge in [-0.15, -0.1) is 13.2 Å². The van der Waals surface area contributed by atoms with E-state index in [0.717, 1.165) is 23.3 Å². The normalized spacial score (nSPS) is 12.1. The number of esters is 1. The Morgan fingerprint density at radius 1 is 1.00 bits per heavy atom. The summed E-state index contributed by atoms with van der Waals surface area (Å²) in [6.45, 7) is 7.85. The lowest BCUT2D eigenvalue weighted by molar-refractivity contribution is -0.145. The molecular weight excluding hydrogens is 524 g/mol. The number of carbonyl (C=O) groups is 3. The van der Waals surface area contributed by atoms with E-state index in [4.69, 9.17) is 4.74 Å². The highest BCUT2D eigenvalue weighted by Crippen LogP contribution is 2.17. The minimum Gasteiger partial charge on any atom is -0.463 e. The number of amides is 2. The van der Waals surface area contributed by atoms with E-state index in [1.165, 1.54) is 0 Å². The first-order chi connectivity index (χ1) is 19.5. The van der Waals surface area contributed by atoms with Crippen LogP contribution in [0.2, 0.25) is 0 Å². The smallest absolute Gasteiger partial charge is 0.305 e. The van der Waals surface area contributed by atoms with E-state index in [0.29, 0.717) is 31.6 Å². The van der Waals surface area contributed by atoms with Crippen LogP contribution >= 0.6 is 11.8 Å². The standard InChI is InChI=1S/C32H42N2O5S/c1-3-5-8-18-31(37)39-23-29(25-40-24-27-16-11-7-12-17-27)33-32(38)28(13-4-2)21-30(36)34(19-20-35)22-26-14-9-6-10-15-26/h3-4,6-7,9-12,14-17,28-29,35H,1-2,5,8,13,18-25H2,(H,33,38)/t28-,29+/m0/s1. The van der Waals surface area contributed by atoms with Crippen LogP contribution in [0.25, 0.3) is 0 Å². The second-order valence-corrected chi connectivity index (χ2v) is 10.6. The number of nitrogens with zero attached hydrogens (tertiary/aromatic N) is 1. The molecule has 8 heteroatoms. The van der Waals surface area contributed by atoms with Gasteiger partial charge in [0.2, 0.25) is 11.8 Å². The van der Waals surface area contributed by atoms with Crippen molar-refractivity contribution in [3.8, 4) is 0 Å². The van der Waals surface area contributed by atoms with Gasteiger partial charge < -0.3 is 20.1 Å². The molecule has 2 rings (SSSR count). The van der Waals surface area contributed by atoms with Crippen molar-refractivity contribution in [2.75, 3.05) is 25.5 Å². The largest absolute Gasteiger partial charge is 0.463 e. The van der Waals surface area contributed by atoms with E-state index in [9.17, 15) is 19.5 Å². The van der Waals surface area contributed by atoms with Crippen LogP contribution in [0.4, 0.5) is 0 Å². The van der Waals surface area contributed by atoms with Gasteiger partial charge in [-0.05, 0) is 30.4 Å². The lowest BCUT2D eigenvalue weighted by Gasteiger charge is -2.26. The van der Waals surface area contributed by atoms with Crippen molar-refractivity contribution in [3.63, 3.8) is 0 Å². The van der Waals surface area contributed by atoms with E-state index >= 15 is 0 Å². The Labute approximate surface area is 242 Å². The number of thioether (sulfide) groups is 1. The molecule has 0 bridgehead atoms. The number of ether oxygens (including phenoxy) is 1. The monoisotopic (exact) mass is 566 g/mol. The third-order valence-corrected chi connectivity index (χ3v) is 7.37. The zero-order chi connectivity index (χ0) is 29.0.